The number of hydrogen-bond donors (Lipinski definition) is 0. The van der Waals surface area contributed by atoms with E-state index in [2.05, 4.69) is 21.9 Å². The summed E-state index contributed by atoms with van der Waals surface area (Å²) in [4.78, 5) is 32.7. The van der Waals surface area contributed by atoms with Crippen molar-refractivity contribution in [2.75, 3.05) is 45.9 Å². The molecule has 0 atom stereocenters. The van der Waals surface area contributed by atoms with Crippen molar-refractivity contribution in [1.29, 1.82) is 0 Å². The maximum atomic E-state index is 13.2. The standard InChI is InChI=1S/C26H37N3O3/c30-25(20-4-2-1-3-5-20)29-11-8-21-18-22(6-7-23(21)19-29)26(31)28-12-9-24(10-13-28)27-14-16-32-17-15-27/h6-7,18,20,24H,1-5,8-17,19H2. The van der Waals surface area contributed by atoms with Crippen molar-refractivity contribution in [3.05, 3.63) is 34.9 Å². The van der Waals surface area contributed by atoms with E-state index in [1.807, 2.05) is 11.0 Å². The molecule has 1 saturated carbocycles. The van der Waals surface area contributed by atoms with Gasteiger partial charge >= 0.3 is 0 Å². The number of nitrogens with zero attached hydrogens (tertiary/aromatic N) is 3. The summed E-state index contributed by atoms with van der Waals surface area (Å²) in [5, 5.41) is 0. The van der Waals surface area contributed by atoms with Crippen LogP contribution in [-0.4, -0.2) is 78.5 Å². The second-order valence-electron chi connectivity index (χ2n) is 10.00. The predicted octanol–water partition coefficient (Wildman–Crippen LogP) is 3.09. The molecule has 0 N–H and O–H groups in total. The molecule has 174 valence electrons. The third kappa shape index (κ3) is 4.72. The Balaban J connectivity index is 1.17. The normalized spacial score (nSPS) is 23.8. The lowest BCUT2D eigenvalue weighted by Crippen LogP contribution is -2.50. The van der Waals surface area contributed by atoms with Crippen LogP contribution in [0.3, 0.4) is 0 Å². The SMILES string of the molecule is O=C(c1ccc2c(c1)CCN(C(=O)C1CCCCC1)C2)N1CCC(N2CCOCC2)CC1. The third-order valence-corrected chi connectivity index (χ3v) is 8.05. The third-order valence-electron chi connectivity index (χ3n) is 8.05. The van der Waals surface area contributed by atoms with E-state index in [4.69, 9.17) is 4.74 Å². The van der Waals surface area contributed by atoms with Gasteiger partial charge < -0.3 is 14.5 Å². The van der Waals surface area contributed by atoms with Crippen LogP contribution in [0.2, 0.25) is 0 Å². The molecule has 0 unspecified atom stereocenters. The molecule has 1 aromatic carbocycles. The van der Waals surface area contributed by atoms with Crippen LogP contribution in [0, 0.1) is 5.92 Å². The van der Waals surface area contributed by atoms with Gasteiger partial charge in [0.25, 0.3) is 5.91 Å². The number of piperidine rings is 1. The molecule has 0 aromatic heterocycles. The summed E-state index contributed by atoms with van der Waals surface area (Å²) in [5.41, 5.74) is 3.26. The smallest absolute Gasteiger partial charge is 0.253 e. The minimum Gasteiger partial charge on any atom is -0.379 e. The number of rotatable bonds is 3. The Labute approximate surface area is 191 Å². The summed E-state index contributed by atoms with van der Waals surface area (Å²) in [6.45, 7) is 6.85. The number of carbonyl (C=O) groups excluding carboxylic acids is 2. The number of morpholine rings is 1. The van der Waals surface area contributed by atoms with Crippen LogP contribution in [0.15, 0.2) is 18.2 Å². The molecule has 32 heavy (non-hydrogen) atoms. The number of ether oxygens (including phenoxy) is 1. The summed E-state index contributed by atoms with van der Waals surface area (Å²) >= 11 is 0. The molecule has 0 bridgehead atoms. The van der Waals surface area contributed by atoms with Gasteiger partial charge in [-0.1, -0.05) is 25.3 Å². The highest BCUT2D eigenvalue weighted by molar-refractivity contribution is 5.94. The Hall–Kier alpha value is -1.92. The number of carbonyl (C=O) groups is 2. The fourth-order valence-corrected chi connectivity index (χ4v) is 6.04. The lowest BCUT2D eigenvalue weighted by Gasteiger charge is -2.40. The Morgan fingerprint density at radius 3 is 2.31 bits per heavy atom. The summed E-state index contributed by atoms with van der Waals surface area (Å²) in [5.74, 6) is 0.735. The largest absolute Gasteiger partial charge is 0.379 e. The molecule has 0 spiro atoms. The average Bonchev–Trinajstić information content (AvgIpc) is 2.88. The van der Waals surface area contributed by atoms with Gasteiger partial charge in [-0.15, -0.1) is 0 Å². The van der Waals surface area contributed by atoms with Crippen LogP contribution in [0.1, 0.15) is 66.4 Å². The molecule has 2 amide bonds. The Kier molecular flexibility index (Phi) is 6.79. The molecular weight excluding hydrogens is 402 g/mol. The minimum atomic E-state index is 0.161. The van der Waals surface area contributed by atoms with Gasteiger partial charge in [-0.25, -0.2) is 0 Å². The molecule has 5 rings (SSSR count). The van der Waals surface area contributed by atoms with Crippen molar-refractivity contribution in [2.24, 2.45) is 5.92 Å². The molecule has 6 nitrogen and oxygen atoms in total. The molecule has 2 saturated heterocycles. The van der Waals surface area contributed by atoms with Gasteiger partial charge in [0.2, 0.25) is 5.91 Å². The van der Waals surface area contributed by atoms with E-state index in [1.165, 1.54) is 30.4 Å². The first-order valence-corrected chi connectivity index (χ1v) is 12.7. The van der Waals surface area contributed by atoms with E-state index < -0.39 is 0 Å². The summed E-state index contributed by atoms with van der Waals surface area (Å²) in [7, 11) is 0. The van der Waals surface area contributed by atoms with Crippen LogP contribution in [0.4, 0.5) is 0 Å². The van der Waals surface area contributed by atoms with Crippen LogP contribution >= 0.6 is 0 Å². The van der Waals surface area contributed by atoms with Gasteiger partial charge in [0, 0.05) is 56.8 Å². The zero-order valence-electron chi connectivity index (χ0n) is 19.3. The van der Waals surface area contributed by atoms with Gasteiger partial charge in [0.05, 0.1) is 13.2 Å². The number of likely N-dealkylation sites (tertiary alicyclic amines) is 1. The molecule has 0 radical (unpaired) electrons. The van der Waals surface area contributed by atoms with Gasteiger partial charge in [-0.2, -0.15) is 0 Å². The molecule has 3 fully saturated rings. The van der Waals surface area contributed by atoms with Crippen LogP contribution in [0.25, 0.3) is 0 Å². The zero-order valence-corrected chi connectivity index (χ0v) is 19.3. The first-order chi connectivity index (χ1) is 15.7. The highest BCUT2D eigenvalue weighted by Crippen LogP contribution is 2.29. The summed E-state index contributed by atoms with van der Waals surface area (Å²) in [6.07, 6.45) is 8.72. The monoisotopic (exact) mass is 439 g/mol. The lowest BCUT2D eigenvalue weighted by molar-refractivity contribution is -0.137. The van der Waals surface area contributed by atoms with Crippen molar-refractivity contribution >= 4 is 11.8 Å². The van der Waals surface area contributed by atoms with Gasteiger partial charge in [-0.05, 0) is 55.4 Å². The second kappa shape index (κ2) is 9.92. The van der Waals surface area contributed by atoms with E-state index in [9.17, 15) is 9.59 Å². The molecule has 3 heterocycles. The summed E-state index contributed by atoms with van der Waals surface area (Å²) in [6, 6.07) is 6.74. The molecule has 3 aliphatic heterocycles. The number of amides is 2. The summed E-state index contributed by atoms with van der Waals surface area (Å²) < 4.78 is 5.48. The van der Waals surface area contributed by atoms with Crippen LogP contribution in [-0.2, 0) is 22.5 Å². The molecule has 1 aromatic rings. The molecule has 1 aliphatic carbocycles. The molecular formula is C26H37N3O3. The highest BCUT2D eigenvalue weighted by atomic mass is 16.5. The quantitative estimate of drug-likeness (QED) is 0.726. The molecule has 4 aliphatic rings. The van der Waals surface area contributed by atoms with Crippen LogP contribution < -0.4 is 0 Å². The average molecular weight is 440 g/mol. The number of benzene rings is 1. The van der Waals surface area contributed by atoms with Crippen LogP contribution in [0.5, 0.6) is 0 Å². The maximum absolute atomic E-state index is 13.2. The van der Waals surface area contributed by atoms with Crippen molar-refractivity contribution in [3.8, 4) is 0 Å². The van der Waals surface area contributed by atoms with Gasteiger partial charge in [0.1, 0.15) is 0 Å². The highest BCUT2D eigenvalue weighted by Gasteiger charge is 2.30. The van der Waals surface area contributed by atoms with Gasteiger partial charge in [-0.3, -0.25) is 14.5 Å². The Morgan fingerprint density at radius 2 is 1.56 bits per heavy atom. The van der Waals surface area contributed by atoms with E-state index in [0.717, 1.165) is 83.6 Å². The topological polar surface area (TPSA) is 53.1 Å². The molecule has 6 heteroatoms. The fourth-order valence-electron chi connectivity index (χ4n) is 6.04. The van der Waals surface area contributed by atoms with Crippen molar-refractivity contribution < 1.29 is 14.3 Å². The fraction of sp³-hybridized carbons (Fsp3) is 0.692. The number of hydrogen-bond acceptors (Lipinski definition) is 4. The lowest BCUT2D eigenvalue weighted by atomic mass is 9.87. The van der Waals surface area contributed by atoms with Crippen molar-refractivity contribution in [3.63, 3.8) is 0 Å². The van der Waals surface area contributed by atoms with E-state index in [0.29, 0.717) is 18.5 Å². The predicted molar refractivity (Wildman–Crippen MR) is 123 cm³/mol. The Bertz CT molecular complexity index is 822. The second-order valence-corrected chi connectivity index (χ2v) is 10.00. The van der Waals surface area contributed by atoms with E-state index >= 15 is 0 Å². The van der Waals surface area contributed by atoms with E-state index in [1.54, 1.807) is 0 Å². The van der Waals surface area contributed by atoms with Crippen molar-refractivity contribution in [1.82, 2.24) is 14.7 Å². The van der Waals surface area contributed by atoms with E-state index in [-0.39, 0.29) is 11.8 Å². The first kappa shape index (κ1) is 21.9. The number of fused-ring (bicyclic) bond motifs is 1. The Morgan fingerprint density at radius 1 is 0.812 bits per heavy atom. The van der Waals surface area contributed by atoms with Gasteiger partial charge in [0.15, 0.2) is 0 Å². The van der Waals surface area contributed by atoms with Crippen molar-refractivity contribution in [2.45, 2.75) is 64.0 Å². The zero-order chi connectivity index (χ0) is 21.9. The maximum Gasteiger partial charge on any atom is 0.253 e. The first-order valence-electron chi connectivity index (χ1n) is 12.7. The minimum absolute atomic E-state index is 0.161.